The normalized spacial score (nSPS) is 18.0. The van der Waals surface area contributed by atoms with Gasteiger partial charge in [0.25, 0.3) is 11.8 Å². The van der Waals surface area contributed by atoms with Crippen LogP contribution in [0, 0.1) is 0 Å². The van der Waals surface area contributed by atoms with Gasteiger partial charge >= 0.3 is 18.0 Å². The number of thioether (sulfide) groups is 1. The van der Waals surface area contributed by atoms with Crippen LogP contribution in [0.5, 0.6) is 0 Å². The van der Waals surface area contributed by atoms with Gasteiger partial charge in [-0.1, -0.05) is 48.1 Å². The van der Waals surface area contributed by atoms with Gasteiger partial charge in [-0.3, -0.25) is 19.8 Å². The fourth-order valence-corrected chi connectivity index (χ4v) is 6.04. The number of oxime groups is 1. The molecule has 232 valence electrons. The number of ether oxygens (including phenoxy) is 2. The van der Waals surface area contributed by atoms with Gasteiger partial charge in [0.05, 0.1) is 0 Å². The van der Waals surface area contributed by atoms with E-state index in [9.17, 15) is 29.1 Å². The van der Waals surface area contributed by atoms with Gasteiger partial charge in [0.2, 0.25) is 6.61 Å². The predicted octanol–water partition coefficient (Wildman–Crippen LogP) is 2.88. The van der Waals surface area contributed by atoms with Crippen LogP contribution >= 0.6 is 23.1 Å². The van der Waals surface area contributed by atoms with Crippen molar-refractivity contribution < 1.29 is 43.4 Å². The largest absolute Gasteiger partial charge is 0.477 e. The van der Waals surface area contributed by atoms with Crippen LogP contribution in [0.3, 0.4) is 0 Å². The van der Waals surface area contributed by atoms with Crippen LogP contribution in [0.4, 0.5) is 9.93 Å². The zero-order valence-electron chi connectivity index (χ0n) is 23.9. The summed E-state index contributed by atoms with van der Waals surface area (Å²) in [6.45, 7) is 8.03. The molecule has 0 aliphatic carbocycles. The van der Waals surface area contributed by atoms with Crippen LogP contribution < -0.4 is 10.6 Å². The average molecular weight is 644 g/mol. The number of thiazole rings is 1. The van der Waals surface area contributed by atoms with E-state index in [2.05, 4.69) is 27.4 Å². The molecule has 1 aromatic carbocycles. The van der Waals surface area contributed by atoms with Gasteiger partial charge in [0.1, 0.15) is 35.0 Å². The molecule has 0 radical (unpaired) electrons. The maximum atomic E-state index is 13.4. The van der Waals surface area contributed by atoms with E-state index in [1.165, 1.54) is 23.2 Å². The van der Waals surface area contributed by atoms with Crippen molar-refractivity contribution in [1.29, 1.82) is 0 Å². The van der Waals surface area contributed by atoms with Gasteiger partial charge in [-0.25, -0.2) is 19.4 Å². The lowest BCUT2D eigenvalue weighted by Gasteiger charge is -2.49. The number of β-lactam (4-membered cyclic amide) rings is 1. The molecule has 3 amide bonds. The molecular formula is C28H29N5O9S2. The van der Waals surface area contributed by atoms with Crippen LogP contribution in [0.2, 0.25) is 0 Å². The second-order valence-corrected chi connectivity index (χ2v) is 12.2. The highest BCUT2D eigenvalue weighted by atomic mass is 32.2. The Kier molecular flexibility index (Phi) is 10.1. The molecule has 4 rings (SSSR count). The molecule has 16 heteroatoms. The lowest BCUT2D eigenvalue weighted by molar-refractivity contribution is -0.160. The molecule has 2 aliphatic heterocycles. The third kappa shape index (κ3) is 7.82. The number of carbonyl (C=O) groups excluding carboxylic acids is 4. The molecule has 44 heavy (non-hydrogen) atoms. The fourth-order valence-electron chi connectivity index (χ4n) is 4.02. The zero-order chi connectivity index (χ0) is 32.0. The van der Waals surface area contributed by atoms with E-state index >= 15 is 0 Å². The lowest BCUT2D eigenvalue weighted by atomic mass is 10.0. The molecule has 2 aromatic rings. The maximum Gasteiger partial charge on any atom is 0.413 e. The standard InChI is InChI=1S/C28H29N5O9S2/c1-5-16-13-43-24-20(23(36)33(24)21(16)25(37)38)30-22(35)19(32-41-12-18(34)42-28(2,3)4)17-14-44-26(29-17)31-27(39)40-11-15-9-7-6-8-10-15/h5-10,14,20,24H,1,11-13H2,2-4H3,(H,30,35)(H,37,38)(H,29,31,39)/t20-,24+/m1/s1. The number of carboxylic acids is 1. The predicted molar refractivity (Wildman–Crippen MR) is 161 cm³/mol. The van der Waals surface area contributed by atoms with E-state index in [1.54, 1.807) is 32.9 Å². The number of rotatable bonds is 11. The second-order valence-electron chi connectivity index (χ2n) is 10.3. The van der Waals surface area contributed by atoms with Crippen LogP contribution in [-0.2, 0) is 40.1 Å². The smallest absolute Gasteiger partial charge is 0.413 e. The molecular weight excluding hydrogens is 614 g/mol. The van der Waals surface area contributed by atoms with Crippen molar-refractivity contribution in [3.05, 3.63) is 70.9 Å². The van der Waals surface area contributed by atoms with Crippen LogP contribution in [-0.4, -0.2) is 79.9 Å². The number of carbonyl (C=O) groups is 5. The number of carboxylic acid groups (broad SMARTS) is 1. The number of aliphatic carboxylic acids is 1. The molecule has 0 bridgehead atoms. The molecule has 2 aliphatic rings. The van der Waals surface area contributed by atoms with E-state index in [-0.39, 0.29) is 28.9 Å². The maximum absolute atomic E-state index is 13.4. The first-order valence-corrected chi connectivity index (χ1v) is 15.0. The first-order valence-electron chi connectivity index (χ1n) is 13.1. The van der Waals surface area contributed by atoms with E-state index in [4.69, 9.17) is 14.3 Å². The molecule has 0 saturated carbocycles. The van der Waals surface area contributed by atoms with Crippen molar-refractivity contribution >= 4 is 63.8 Å². The first kappa shape index (κ1) is 32.2. The van der Waals surface area contributed by atoms with Crippen molar-refractivity contribution in [2.75, 3.05) is 17.7 Å². The summed E-state index contributed by atoms with van der Waals surface area (Å²) in [4.78, 5) is 73.0. The summed E-state index contributed by atoms with van der Waals surface area (Å²) in [5, 5.41) is 19.3. The highest BCUT2D eigenvalue weighted by Gasteiger charge is 2.54. The van der Waals surface area contributed by atoms with Gasteiger partial charge in [0, 0.05) is 11.1 Å². The molecule has 2 atom stereocenters. The van der Waals surface area contributed by atoms with Crippen molar-refractivity contribution in [1.82, 2.24) is 15.2 Å². The highest BCUT2D eigenvalue weighted by Crippen LogP contribution is 2.40. The number of fused-ring (bicyclic) bond motifs is 1. The molecule has 3 heterocycles. The number of nitrogens with one attached hydrogen (secondary N) is 2. The Morgan fingerprint density at radius 1 is 1.23 bits per heavy atom. The van der Waals surface area contributed by atoms with E-state index in [0.29, 0.717) is 5.57 Å². The Labute approximate surface area is 260 Å². The molecule has 1 saturated heterocycles. The second kappa shape index (κ2) is 13.7. The van der Waals surface area contributed by atoms with Crippen molar-refractivity contribution in [2.24, 2.45) is 5.16 Å². The number of benzene rings is 1. The third-order valence-corrected chi connectivity index (χ3v) is 7.94. The van der Waals surface area contributed by atoms with E-state index in [0.717, 1.165) is 21.8 Å². The minimum atomic E-state index is -1.29. The summed E-state index contributed by atoms with van der Waals surface area (Å²) in [6, 6.07) is 7.96. The van der Waals surface area contributed by atoms with Gasteiger partial charge in [0.15, 0.2) is 10.8 Å². The van der Waals surface area contributed by atoms with E-state index in [1.807, 2.05) is 18.2 Å². The summed E-state index contributed by atoms with van der Waals surface area (Å²) in [5.74, 6) is -3.27. The highest BCUT2D eigenvalue weighted by molar-refractivity contribution is 8.00. The monoisotopic (exact) mass is 643 g/mol. The first-order chi connectivity index (χ1) is 20.9. The molecule has 0 spiro atoms. The Morgan fingerprint density at radius 3 is 2.61 bits per heavy atom. The quantitative estimate of drug-likeness (QED) is 0.142. The van der Waals surface area contributed by atoms with Crippen LogP contribution in [0.1, 0.15) is 32.0 Å². The number of allylic oxidation sites excluding steroid dienone is 1. The minimum Gasteiger partial charge on any atom is -0.477 e. The SMILES string of the molecule is C=CC1=C(C(=O)O)N2C(=O)[C@@H](NC(=O)C(=NOCC(=O)OC(C)(C)C)c3csc(NC(=O)OCc4ccccc4)n3)[C@@H]2SC1. The number of hydrogen-bond donors (Lipinski definition) is 3. The van der Waals surface area contributed by atoms with Gasteiger partial charge < -0.3 is 24.7 Å². The Bertz CT molecular complexity index is 1530. The van der Waals surface area contributed by atoms with Gasteiger partial charge in [-0.2, -0.15) is 0 Å². The number of hydrogen-bond acceptors (Lipinski definition) is 12. The van der Waals surface area contributed by atoms with Crippen molar-refractivity contribution in [3.8, 4) is 0 Å². The molecule has 0 unspecified atom stereocenters. The summed E-state index contributed by atoms with van der Waals surface area (Å²) in [7, 11) is 0. The topological polar surface area (TPSA) is 186 Å². The van der Waals surface area contributed by atoms with Gasteiger partial charge in [-0.05, 0) is 31.9 Å². The Balaban J connectivity index is 1.48. The zero-order valence-corrected chi connectivity index (χ0v) is 25.5. The van der Waals surface area contributed by atoms with Crippen LogP contribution in [0.15, 0.2) is 64.8 Å². The number of amides is 3. The Hall–Kier alpha value is -4.70. The number of nitrogens with zero attached hydrogens (tertiary/aromatic N) is 3. The number of anilines is 1. The summed E-state index contributed by atoms with van der Waals surface area (Å²) >= 11 is 2.23. The van der Waals surface area contributed by atoms with Gasteiger partial charge in [-0.15, -0.1) is 23.1 Å². The lowest BCUT2D eigenvalue weighted by Crippen LogP contribution is -2.71. The van der Waals surface area contributed by atoms with Crippen molar-refractivity contribution in [3.63, 3.8) is 0 Å². The molecule has 1 fully saturated rings. The summed E-state index contributed by atoms with van der Waals surface area (Å²) in [5.41, 5.74) is -0.235. The summed E-state index contributed by atoms with van der Waals surface area (Å²) < 4.78 is 10.4. The Morgan fingerprint density at radius 2 is 1.95 bits per heavy atom. The molecule has 1 aromatic heterocycles. The average Bonchev–Trinajstić information content (AvgIpc) is 3.43. The number of esters is 1. The van der Waals surface area contributed by atoms with Crippen molar-refractivity contribution in [2.45, 2.75) is 44.4 Å². The fraction of sp³-hybridized carbons (Fsp3) is 0.321. The van der Waals surface area contributed by atoms with Crippen LogP contribution in [0.25, 0.3) is 0 Å². The van der Waals surface area contributed by atoms with E-state index < -0.39 is 59.2 Å². The molecule has 14 nitrogen and oxygen atoms in total. The minimum absolute atomic E-state index is 0.0250. The molecule has 3 N–H and O–H groups in total. The third-order valence-electron chi connectivity index (χ3n) is 5.88. The number of aromatic nitrogens is 1. The summed E-state index contributed by atoms with van der Waals surface area (Å²) in [6.07, 6.45) is 0.596.